The van der Waals surface area contributed by atoms with E-state index in [1.807, 2.05) is 0 Å². The molecule has 3 unspecified atom stereocenters. The van der Waals surface area contributed by atoms with E-state index in [0.717, 1.165) is 17.8 Å². The zero-order valence-corrected chi connectivity index (χ0v) is 10.9. The molecule has 2 aliphatic carbocycles. The van der Waals surface area contributed by atoms with Gasteiger partial charge in [-0.3, -0.25) is 0 Å². The Hall–Kier alpha value is -0.820. The summed E-state index contributed by atoms with van der Waals surface area (Å²) < 4.78 is 0. The molecule has 0 radical (unpaired) electrons. The average Bonchev–Trinajstić information content (AvgIpc) is 3.20. The van der Waals surface area contributed by atoms with E-state index in [0.29, 0.717) is 5.41 Å². The van der Waals surface area contributed by atoms with E-state index in [1.165, 1.54) is 25.8 Å². The van der Waals surface area contributed by atoms with E-state index in [9.17, 15) is 0 Å². The van der Waals surface area contributed by atoms with Gasteiger partial charge in [-0.15, -0.1) is 0 Å². The van der Waals surface area contributed by atoms with Crippen LogP contribution in [0.3, 0.4) is 0 Å². The molecule has 92 valence electrons. The van der Waals surface area contributed by atoms with E-state index < -0.39 is 0 Å². The number of hydrogen-bond donors (Lipinski definition) is 1. The number of hydrogen-bond acceptors (Lipinski definition) is 1. The maximum atomic E-state index is 3.42. The molecule has 1 heteroatoms. The van der Waals surface area contributed by atoms with E-state index >= 15 is 0 Å². The molecule has 0 bridgehead atoms. The summed E-state index contributed by atoms with van der Waals surface area (Å²) in [5, 5.41) is 3.42. The summed E-state index contributed by atoms with van der Waals surface area (Å²) in [7, 11) is 2.10. The van der Waals surface area contributed by atoms with Crippen LogP contribution in [0.15, 0.2) is 30.3 Å². The second-order valence-electron chi connectivity index (χ2n) is 6.17. The number of benzene rings is 1. The second-order valence-corrected chi connectivity index (χ2v) is 6.17. The third-order valence-electron chi connectivity index (χ3n) is 4.93. The third-order valence-corrected chi connectivity index (χ3v) is 4.93. The third kappa shape index (κ3) is 2.01. The molecule has 1 N–H and O–H groups in total. The Balaban J connectivity index is 1.74. The fraction of sp³-hybridized carbons (Fsp3) is 0.625. The zero-order chi connectivity index (χ0) is 11.9. The maximum Gasteiger partial charge on any atom is 0.000769 e. The monoisotopic (exact) mass is 229 g/mol. The first-order valence-electron chi connectivity index (χ1n) is 6.95. The SMILES string of the molecule is CNCC(C)(C1CC1)C1CC1c1ccccc1. The van der Waals surface area contributed by atoms with E-state index in [-0.39, 0.29) is 0 Å². The van der Waals surface area contributed by atoms with Gasteiger partial charge in [0.1, 0.15) is 0 Å². The Morgan fingerprint density at radius 3 is 2.53 bits per heavy atom. The Kier molecular flexibility index (Phi) is 2.74. The lowest BCUT2D eigenvalue weighted by atomic mass is 9.78. The normalized spacial score (nSPS) is 30.9. The van der Waals surface area contributed by atoms with E-state index in [2.05, 4.69) is 49.6 Å². The van der Waals surface area contributed by atoms with Gasteiger partial charge in [-0.1, -0.05) is 37.3 Å². The van der Waals surface area contributed by atoms with Crippen LogP contribution in [0.2, 0.25) is 0 Å². The highest BCUT2D eigenvalue weighted by Crippen LogP contribution is 2.63. The quantitative estimate of drug-likeness (QED) is 0.815. The summed E-state index contributed by atoms with van der Waals surface area (Å²) in [5.41, 5.74) is 2.09. The largest absolute Gasteiger partial charge is 0.319 e. The van der Waals surface area contributed by atoms with Gasteiger partial charge in [0.15, 0.2) is 0 Å². The Labute approximate surface area is 105 Å². The first-order valence-corrected chi connectivity index (χ1v) is 6.95. The average molecular weight is 229 g/mol. The van der Waals surface area contributed by atoms with Crippen molar-refractivity contribution >= 4 is 0 Å². The molecule has 17 heavy (non-hydrogen) atoms. The van der Waals surface area contributed by atoms with Crippen LogP contribution < -0.4 is 5.32 Å². The Morgan fingerprint density at radius 1 is 1.24 bits per heavy atom. The Bertz CT molecular complexity index is 382. The Morgan fingerprint density at radius 2 is 1.94 bits per heavy atom. The van der Waals surface area contributed by atoms with Crippen molar-refractivity contribution in [1.29, 1.82) is 0 Å². The highest BCUT2D eigenvalue weighted by molar-refractivity contribution is 5.28. The number of rotatable bonds is 5. The molecule has 2 saturated carbocycles. The molecule has 0 aliphatic heterocycles. The van der Waals surface area contributed by atoms with Crippen LogP contribution in [0.5, 0.6) is 0 Å². The minimum atomic E-state index is 0.537. The number of nitrogens with one attached hydrogen (secondary N) is 1. The van der Waals surface area contributed by atoms with E-state index in [1.54, 1.807) is 5.56 Å². The minimum Gasteiger partial charge on any atom is -0.319 e. The first-order chi connectivity index (χ1) is 8.25. The lowest BCUT2D eigenvalue weighted by Gasteiger charge is -2.30. The minimum absolute atomic E-state index is 0.537. The molecule has 0 amide bonds. The lowest BCUT2D eigenvalue weighted by molar-refractivity contribution is 0.216. The van der Waals surface area contributed by atoms with Crippen molar-refractivity contribution in [1.82, 2.24) is 5.32 Å². The summed E-state index contributed by atoms with van der Waals surface area (Å²) in [5.74, 6) is 2.72. The van der Waals surface area contributed by atoms with Gasteiger partial charge >= 0.3 is 0 Å². The predicted octanol–water partition coefficient (Wildman–Crippen LogP) is 3.43. The van der Waals surface area contributed by atoms with Crippen molar-refractivity contribution in [2.75, 3.05) is 13.6 Å². The molecule has 0 saturated heterocycles. The van der Waals surface area contributed by atoms with Gasteiger partial charge in [0, 0.05) is 6.54 Å². The van der Waals surface area contributed by atoms with E-state index in [4.69, 9.17) is 0 Å². The summed E-state index contributed by atoms with van der Waals surface area (Å²) in [6.07, 6.45) is 4.31. The molecule has 1 aromatic carbocycles. The highest BCUT2D eigenvalue weighted by atomic mass is 14.9. The lowest BCUT2D eigenvalue weighted by Crippen LogP contribution is -2.34. The van der Waals surface area contributed by atoms with Gasteiger partial charge in [0.05, 0.1) is 0 Å². The van der Waals surface area contributed by atoms with Gasteiger partial charge in [-0.05, 0) is 55.0 Å². The van der Waals surface area contributed by atoms with Gasteiger partial charge in [-0.25, -0.2) is 0 Å². The van der Waals surface area contributed by atoms with Crippen molar-refractivity contribution < 1.29 is 0 Å². The molecule has 1 nitrogen and oxygen atoms in total. The predicted molar refractivity (Wildman–Crippen MR) is 72.0 cm³/mol. The van der Waals surface area contributed by atoms with Crippen molar-refractivity contribution in [3.05, 3.63) is 35.9 Å². The summed E-state index contributed by atoms with van der Waals surface area (Å²) in [4.78, 5) is 0. The van der Waals surface area contributed by atoms with Crippen molar-refractivity contribution in [2.45, 2.75) is 32.1 Å². The molecular weight excluding hydrogens is 206 g/mol. The standard InChI is InChI=1S/C16H23N/c1-16(11-17-2,13-8-9-13)15-10-14(15)12-6-4-3-5-7-12/h3-7,13-15,17H,8-11H2,1-2H3. The van der Waals surface area contributed by atoms with Crippen LogP contribution >= 0.6 is 0 Å². The fourth-order valence-corrected chi connectivity index (χ4v) is 3.69. The molecule has 2 aliphatic rings. The van der Waals surface area contributed by atoms with Crippen molar-refractivity contribution in [3.63, 3.8) is 0 Å². The summed E-state index contributed by atoms with van der Waals surface area (Å²) in [6.45, 7) is 3.69. The molecule has 3 atom stereocenters. The molecular formula is C16H23N. The highest BCUT2D eigenvalue weighted by Gasteiger charge is 2.55. The molecule has 0 spiro atoms. The van der Waals surface area contributed by atoms with Crippen molar-refractivity contribution in [2.24, 2.45) is 17.3 Å². The van der Waals surface area contributed by atoms with Gasteiger partial charge in [0.2, 0.25) is 0 Å². The van der Waals surface area contributed by atoms with Gasteiger partial charge in [0.25, 0.3) is 0 Å². The van der Waals surface area contributed by atoms with Crippen LogP contribution in [0.4, 0.5) is 0 Å². The fourth-order valence-electron chi connectivity index (χ4n) is 3.69. The molecule has 0 heterocycles. The second kappa shape index (κ2) is 4.13. The summed E-state index contributed by atoms with van der Waals surface area (Å²) in [6, 6.07) is 11.1. The van der Waals surface area contributed by atoms with Crippen LogP contribution in [0.1, 0.15) is 37.7 Å². The van der Waals surface area contributed by atoms with Crippen LogP contribution in [0, 0.1) is 17.3 Å². The van der Waals surface area contributed by atoms with Crippen LogP contribution in [-0.2, 0) is 0 Å². The smallest absolute Gasteiger partial charge is 0.000769 e. The molecule has 1 aromatic rings. The van der Waals surface area contributed by atoms with Crippen LogP contribution in [-0.4, -0.2) is 13.6 Å². The summed E-state index contributed by atoms with van der Waals surface area (Å²) >= 11 is 0. The maximum absolute atomic E-state index is 3.42. The van der Waals surface area contributed by atoms with Gasteiger partial charge < -0.3 is 5.32 Å². The molecule has 3 rings (SSSR count). The molecule has 0 aromatic heterocycles. The molecule has 2 fully saturated rings. The van der Waals surface area contributed by atoms with Crippen molar-refractivity contribution in [3.8, 4) is 0 Å². The van der Waals surface area contributed by atoms with Crippen LogP contribution in [0.25, 0.3) is 0 Å². The topological polar surface area (TPSA) is 12.0 Å². The zero-order valence-electron chi connectivity index (χ0n) is 10.9. The van der Waals surface area contributed by atoms with Gasteiger partial charge in [-0.2, -0.15) is 0 Å². The first kappa shape index (κ1) is 11.3.